The highest BCUT2D eigenvalue weighted by Crippen LogP contribution is 2.25. The molecule has 0 radical (unpaired) electrons. The lowest BCUT2D eigenvalue weighted by atomic mass is 9.87. The molecular formula is C24H25ClN2O2. The van der Waals surface area contributed by atoms with Crippen LogP contribution >= 0.6 is 11.6 Å². The Balaban J connectivity index is 1.74. The summed E-state index contributed by atoms with van der Waals surface area (Å²) in [5.74, 6) is 1.03. The largest absolute Gasteiger partial charge is 0.484 e. The van der Waals surface area contributed by atoms with E-state index in [-0.39, 0.29) is 17.9 Å². The van der Waals surface area contributed by atoms with Gasteiger partial charge in [0, 0.05) is 11.2 Å². The Labute approximate surface area is 177 Å². The number of hydrogen-bond donors (Lipinski definition) is 0. The molecule has 0 aliphatic rings. The number of aromatic nitrogens is 1. The van der Waals surface area contributed by atoms with Crippen molar-refractivity contribution in [3.05, 3.63) is 89.1 Å². The molecule has 0 spiro atoms. The van der Waals surface area contributed by atoms with Crippen molar-refractivity contribution < 1.29 is 9.53 Å². The molecule has 150 valence electrons. The molecule has 3 rings (SSSR count). The molecule has 3 aromatic rings. The van der Waals surface area contributed by atoms with Crippen molar-refractivity contribution in [1.82, 2.24) is 4.98 Å². The number of benzene rings is 2. The van der Waals surface area contributed by atoms with Gasteiger partial charge in [0.1, 0.15) is 11.6 Å². The van der Waals surface area contributed by atoms with Gasteiger partial charge < -0.3 is 4.74 Å². The summed E-state index contributed by atoms with van der Waals surface area (Å²) in [5, 5.41) is 0.611. The lowest BCUT2D eigenvalue weighted by molar-refractivity contribution is -0.120. The third-order valence-electron chi connectivity index (χ3n) is 4.60. The van der Waals surface area contributed by atoms with E-state index in [4.69, 9.17) is 16.3 Å². The van der Waals surface area contributed by atoms with Crippen LogP contribution in [0.3, 0.4) is 0 Å². The number of rotatable bonds is 6. The van der Waals surface area contributed by atoms with Gasteiger partial charge in [0.2, 0.25) is 0 Å². The van der Waals surface area contributed by atoms with Gasteiger partial charge in [-0.1, -0.05) is 68.8 Å². The molecule has 29 heavy (non-hydrogen) atoms. The molecule has 0 bridgehead atoms. The first-order chi connectivity index (χ1) is 13.8. The van der Waals surface area contributed by atoms with Crippen molar-refractivity contribution >= 4 is 23.3 Å². The standard InChI is InChI=1S/C24H25ClN2O2/c1-24(2,3)19-11-13-20(14-12-19)29-17-23(28)27(22-10-6-7-15-26-22)16-18-8-4-5-9-21(18)25/h4-15H,16-17H2,1-3H3. The summed E-state index contributed by atoms with van der Waals surface area (Å²) in [5.41, 5.74) is 2.13. The van der Waals surface area contributed by atoms with Crippen LogP contribution in [-0.4, -0.2) is 17.5 Å². The number of pyridine rings is 1. The summed E-state index contributed by atoms with van der Waals surface area (Å²) in [6.45, 7) is 6.71. The molecule has 0 saturated carbocycles. The van der Waals surface area contributed by atoms with E-state index in [1.807, 2.05) is 60.7 Å². The number of halogens is 1. The molecule has 4 nitrogen and oxygen atoms in total. The second kappa shape index (κ2) is 9.10. The molecule has 1 heterocycles. The number of nitrogens with zero attached hydrogens (tertiary/aromatic N) is 2. The van der Waals surface area contributed by atoms with Crippen molar-refractivity contribution in [2.45, 2.75) is 32.7 Å². The molecule has 0 aliphatic carbocycles. The highest BCUT2D eigenvalue weighted by atomic mass is 35.5. The fraction of sp³-hybridized carbons (Fsp3) is 0.250. The van der Waals surface area contributed by atoms with Gasteiger partial charge in [-0.3, -0.25) is 9.69 Å². The average Bonchev–Trinajstić information content (AvgIpc) is 2.72. The molecule has 1 aromatic heterocycles. The van der Waals surface area contributed by atoms with E-state index >= 15 is 0 Å². The Hall–Kier alpha value is -2.85. The van der Waals surface area contributed by atoms with E-state index in [1.165, 1.54) is 5.56 Å². The van der Waals surface area contributed by atoms with Crippen molar-refractivity contribution in [2.24, 2.45) is 0 Å². The molecule has 1 amide bonds. The SMILES string of the molecule is CC(C)(C)c1ccc(OCC(=O)N(Cc2ccccc2Cl)c2ccccn2)cc1. The highest BCUT2D eigenvalue weighted by molar-refractivity contribution is 6.31. The monoisotopic (exact) mass is 408 g/mol. The van der Waals surface area contributed by atoms with Crippen molar-refractivity contribution in [3.8, 4) is 5.75 Å². The Morgan fingerprint density at radius 1 is 1.00 bits per heavy atom. The second-order valence-corrected chi connectivity index (χ2v) is 8.23. The van der Waals surface area contributed by atoms with Crippen LogP contribution in [0.2, 0.25) is 5.02 Å². The predicted octanol–water partition coefficient (Wildman–Crippen LogP) is 5.64. The molecule has 0 N–H and O–H groups in total. The van der Waals surface area contributed by atoms with Gasteiger partial charge in [0.15, 0.2) is 6.61 Å². The molecule has 0 atom stereocenters. The molecular weight excluding hydrogens is 384 g/mol. The second-order valence-electron chi connectivity index (χ2n) is 7.82. The van der Waals surface area contributed by atoms with E-state index in [9.17, 15) is 4.79 Å². The maximum absolute atomic E-state index is 13.0. The van der Waals surface area contributed by atoms with E-state index in [0.29, 0.717) is 23.1 Å². The van der Waals surface area contributed by atoms with Crippen LogP contribution < -0.4 is 9.64 Å². The Bertz CT molecular complexity index is 951. The smallest absolute Gasteiger partial charge is 0.266 e. The fourth-order valence-electron chi connectivity index (χ4n) is 2.88. The minimum Gasteiger partial charge on any atom is -0.484 e. The zero-order chi connectivity index (χ0) is 20.9. The molecule has 5 heteroatoms. The number of carbonyl (C=O) groups is 1. The Kier molecular flexibility index (Phi) is 6.55. The average molecular weight is 409 g/mol. The first-order valence-corrected chi connectivity index (χ1v) is 9.90. The van der Waals surface area contributed by atoms with Gasteiger partial charge in [-0.25, -0.2) is 4.98 Å². The van der Waals surface area contributed by atoms with Crippen LogP contribution in [0.1, 0.15) is 31.9 Å². The zero-order valence-corrected chi connectivity index (χ0v) is 17.7. The van der Waals surface area contributed by atoms with Crippen molar-refractivity contribution in [1.29, 1.82) is 0 Å². The third kappa shape index (κ3) is 5.58. The van der Waals surface area contributed by atoms with Crippen molar-refractivity contribution in [2.75, 3.05) is 11.5 Å². The van der Waals surface area contributed by atoms with Crippen LogP contribution in [0, 0.1) is 0 Å². The van der Waals surface area contributed by atoms with Crippen LogP contribution in [0.15, 0.2) is 72.9 Å². The lowest BCUT2D eigenvalue weighted by Crippen LogP contribution is -2.35. The summed E-state index contributed by atoms with van der Waals surface area (Å²) in [6.07, 6.45) is 1.66. The minimum atomic E-state index is -0.191. The van der Waals surface area contributed by atoms with Gasteiger partial charge in [-0.15, -0.1) is 0 Å². The topological polar surface area (TPSA) is 42.4 Å². The molecule has 0 unspecified atom stereocenters. The predicted molar refractivity (Wildman–Crippen MR) is 118 cm³/mol. The maximum Gasteiger partial charge on any atom is 0.266 e. The van der Waals surface area contributed by atoms with Gasteiger partial charge in [-0.2, -0.15) is 0 Å². The minimum absolute atomic E-state index is 0.0685. The quantitative estimate of drug-likeness (QED) is 0.529. The Morgan fingerprint density at radius 2 is 1.69 bits per heavy atom. The van der Waals surface area contributed by atoms with Crippen LogP contribution in [-0.2, 0) is 16.8 Å². The van der Waals surface area contributed by atoms with Gasteiger partial charge in [-0.05, 0) is 46.9 Å². The number of ether oxygens (including phenoxy) is 1. The maximum atomic E-state index is 13.0. The van der Waals surface area contributed by atoms with Gasteiger partial charge in [0.25, 0.3) is 5.91 Å². The summed E-state index contributed by atoms with van der Waals surface area (Å²) in [6, 6.07) is 20.8. The summed E-state index contributed by atoms with van der Waals surface area (Å²) in [7, 11) is 0. The lowest BCUT2D eigenvalue weighted by Gasteiger charge is -2.23. The summed E-state index contributed by atoms with van der Waals surface area (Å²) < 4.78 is 5.75. The molecule has 0 fully saturated rings. The number of carbonyl (C=O) groups excluding carboxylic acids is 1. The molecule has 0 aliphatic heterocycles. The van der Waals surface area contributed by atoms with Crippen LogP contribution in [0.25, 0.3) is 0 Å². The number of hydrogen-bond acceptors (Lipinski definition) is 3. The first-order valence-electron chi connectivity index (χ1n) is 9.53. The fourth-order valence-corrected chi connectivity index (χ4v) is 3.08. The highest BCUT2D eigenvalue weighted by Gasteiger charge is 2.19. The van der Waals surface area contributed by atoms with E-state index in [2.05, 4.69) is 25.8 Å². The van der Waals surface area contributed by atoms with E-state index in [1.54, 1.807) is 17.2 Å². The number of amides is 1. The van der Waals surface area contributed by atoms with Gasteiger partial charge >= 0.3 is 0 Å². The van der Waals surface area contributed by atoms with Crippen LogP contribution in [0.5, 0.6) is 5.75 Å². The molecule has 2 aromatic carbocycles. The van der Waals surface area contributed by atoms with E-state index in [0.717, 1.165) is 5.56 Å². The summed E-state index contributed by atoms with van der Waals surface area (Å²) >= 11 is 6.30. The first kappa shape index (κ1) is 20.9. The summed E-state index contributed by atoms with van der Waals surface area (Å²) in [4.78, 5) is 18.9. The zero-order valence-electron chi connectivity index (χ0n) is 16.9. The molecule has 0 saturated heterocycles. The Morgan fingerprint density at radius 3 is 2.31 bits per heavy atom. The van der Waals surface area contributed by atoms with Gasteiger partial charge in [0.05, 0.1) is 6.54 Å². The third-order valence-corrected chi connectivity index (χ3v) is 4.96. The number of anilines is 1. The normalized spacial score (nSPS) is 11.2. The van der Waals surface area contributed by atoms with Crippen molar-refractivity contribution in [3.63, 3.8) is 0 Å². The van der Waals surface area contributed by atoms with E-state index < -0.39 is 0 Å². The van der Waals surface area contributed by atoms with Crippen LogP contribution in [0.4, 0.5) is 5.82 Å².